The van der Waals surface area contributed by atoms with Gasteiger partial charge in [0.2, 0.25) is 11.8 Å². The van der Waals surface area contributed by atoms with Crippen molar-refractivity contribution in [3.63, 3.8) is 0 Å². The number of nitrogens with zero attached hydrogens (tertiary/aromatic N) is 1. The lowest BCUT2D eigenvalue weighted by molar-refractivity contribution is -0.140. The molecular formula is C16H23FN2O2. The molecule has 1 N–H and O–H groups in total. The van der Waals surface area contributed by atoms with Crippen LogP contribution < -0.4 is 5.32 Å². The van der Waals surface area contributed by atoms with E-state index in [1.165, 1.54) is 11.0 Å². The summed E-state index contributed by atoms with van der Waals surface area (Å²) in [5.74, 6) is -0.729. The first kappa shape index (κ1) is 17.1. The fourth-order valence-corrected chi connectivity index (χ4v) is 2.07. The van der Waals surface area contributed by atoms with Gasteiger partial charge in [-0.15, -0.1) is 0 Å². The third kappa shape index (κ3) is 4.85. The Kier molecular flexibility index (Phi) is 6.85. The van der Waals surface area contributed by atoms with E-state index in [4.69, 9.17) is 0 Å². The second-order valence-electron chi connectivity index (χ2n) is 4.93. The minimum atomic E-state index is -0.622. The van der Waals surface area contributed by atoms with Crippen molar-refractivity contribution in [3.05, 3.63) is 35.6 Å². The van der Waals surface area contributed by atoms with Crippen LogP contribution in [-0.4, -0.2) is 29.3 Å². The number of carbonyl (C=O) groups is 2. The molecule has 1 aromatic rings. The summed E-state index contributed by atoms with van der Waals surface area (Å²) < 4.78 is 13.8. The second kappa shape index (κ2) is 8.39. The first-order valence-corrected chi connectivity index (χ1v) is 7.31. The van der Waals surface area contributed by atoms with Gasteiger partial charge in [0.05, 0.1) is 0 Å². The van der Waals surface area contributed by atoms with Crippen molar-refractivity contribution < 1.29 is 14.0 Å². The number of nitrogens with one attached hydrogen (secondary N) is 1. The van der Waals surface area contributed by atoms with Crippen molar-refractivity contribution in [3.8, 4) is 0 Å². The number of likely N-dealkylation sites (N-methyl/N-ethyl adjacent to an activating group) is 1. The lowest BCUT2D eigenvalue weighted by Crippen LogP contribution is -2.47. The van der Waals surface area contributed by atoms with E-state index in [1.54, 1.807) is 25.1 Å². The molecule has 0 aliphatic heterocycles. The Morgan fingerprint density at radius 1 is 1.29 bits per heavy atom. The Morgan fingerprint density at radius 3 is 2.52 bits per heavy atom. The van der Waals surface area contributed by atoms with Crippen LogP contribution >= 0.6 is 0 Å². The van der Waals surface area contributed by atoms with Gasteiger partial charge in [-0.05, 0) is 26.3 Å². The van der Waals surface area contributed by atoms with Gasteiger partial charge in [-0.25, -0.2) is 4.39 Å². The Labute approximate surface area is 125 Å². The first-order valence-electron chi connectivity index (χ1n) is 7.31. The van der Waals surface area contributed by atoms with E-state index in [0.717, 1.165) is 0 Å². The molecule has 0 saturated heterocycles. The minimum Gasteiger partial charge on any atom is -0.355 e. The molecule has 0 aliphatic carbocycles. The molecule has 116 valence electrons. The highest BCUT2D eigenvalue weighted by Gasteiger charge is 2.25. The standard InChI is InChI=1S/C16H23FN2O2/c1-4-8-15(20)19(12(3)16(21)18-5-2)11-13-9-6-7-10-14(13)17/h6-7,9-10,12H,4-5,8,11H2,1-3H3,(H,18,21)/t12-/m0/s1. The van der Waals surface area contributed by atoms with E-state index in [9.17, 15) is 14.0 Å². The SMILES string of the molecule is CCCC(=O)N(Cc1ccccc1F)[C@@H](C)C(=O)NCC. The van der Waals surface area contributed by atoms with E-state index < -0.39 is 6.04 Å². The van der Waals surface area contributed by atoms with E-state index >= 15 is 0 Å². The van der Waals surface area contributed by atoms with Crippen molar-refractivity contribution in [1.29, 1.82) is 0 Å². The molecule has 0 radical (unpaired) electrons. The fourth-order valence-electron chi connectivity index (χ4n) is 2.07. The van der Waals surface area contributed by atoms with Crippen molar-refractivity contribution in [2.45, 2.75) is 46.2 Å². The second-order valence-corrected chi connectivity index (χ2v) is 4.93. The zero-order chi connectivity index (χ0) is 15.8. The maximum Gasteiger partial charge on any atom is 0.242 e. The third-order valence-corrected chi connectivity index (χ3v) is 3.28. The number of carbonyl (C=O) groups excluding carboxylic acids is 2. The monoisotopic (exact) mass is 294 g/mol. The van der Waals surface area contributed by atoms with Crippen LogP contribution in [0.25, 0.3) is 0 Å². The summed E-state index contributed by atoms with van der Waals surface area (Å²) in [5, 5.41) is 2.70. The normalized spacial score (nSPS) is 11.8. The van der Waals surface area contributed by atoms with Gasteiger partial charge in [0.25, 0.3) is 0 Å². The maximum absolute atomic E-state index is 13.8. The molecule has 21 heavy (non-hydrogen) atoms. The predicted molar refractivity (Wildman–Crippen MR) is 80.0 cm³/mol. The fraction of sp³-hybridized carbons (Fsp3) is 0.500. The highest BCUT2D eigenvalue weighted by molar-refractivity contribution is 5.87. The van der Waals surface area contributed by atoms with Gasteiger partial charge in [0.15, 0.2) is 0 Å². The molecule has 0 saturated carbocycles. The Balaban J connectivity index is 2.94. The lowest BCUT2D eigenvalue weighted by atomic mass is 10.1. The summed E-state index contributed by atoms with van der Waals surface area (Å²) in [7, 11) is 0. The number of benzene rings is 1. The van der Waals surface area contributed by atoms with Gasteiger partial charge in [-0.1, -0.05) is 25.1 Å². The van der Waals surface area contributed by atoms with Gasteiger partial charge in [-0.2, -0.15) is 0 Å². The smallest absolute Gasteiger partial charge is 0.242 e. The number of amides is 2. The third-order valence-electron chi connectivity index (χ3n) is 3.28. The molecule has 1 rings (SSSR count). The van der Waals surface area contributed by atoms with Crippen molar-refractivity contribution >= 4 is 11.8 Å². The average molecular weight is 294 g/mol. The topological polar surface area (TPSA) is 49.4 Å². The maximum atomic E-state index is 13.8. The van der Waals surface area contributed by atoms with Crippen LogP contribution in [0.15, 0.2) is 24.3 Å². The molecule has 1 atom stereocenters. The van der Waals surface area contributed by atoms with Gasteiger partial charge in [0.1, 0.15) is 11.9 Å². The lowest BCUT2D eigenvalue weighted by Gasteiger charge is -2.28. The molecule has 2 amide bonds. The zero-order valence-electron chi connectivity index (χ0n) is 12.9. The Hall–Kier alpha value is -1.91. The Bertz CT molecular complexity index is 491. The molecule has 0 bridgehead atoms. The van der Waals surface area contributed by atoms with Crippen LogP contribution in [0, 0.1) is 5.82 Å². The Morgan fingerprint density at radius 2 is 1.95 bits per heavy atom. The van der Waals surface area contributed by atoms with Crippen LogP contribution in [-0.2, 0) is 16.1 Å². The molecule has 0 aromatic heterocycles. The summed E-state index contributed by atoms with van der Waals surface area (Å²) >= 11 is 0. The van der Waals surface area contributed by atoms with Crippen LogP contribution in [0.2, 0.25) is 0 Å². The van der Waals surface area contributed by atoms with E-state index in [1.807, 2.05) is 13.8 Å². The molecular weight excluding hydrogens is 271 g/mol. The van der Waals surface area contributed by atoms with Crippen LogP contribution in [0.4, 0.5) is 4.39 Å². The number of halogens is 1. The molecule has 5 heteroatoms. The van der Waals surface area contributed by atoms with E-state index in [2.05, 4.69) is 5.32 Å². The first-order chi connectivity index (χ1) is 10.0. The average Bonchev–Trinajstić information content (AvgIpc) is 2.46. The predicted octanol–water partition coefficient (Wildman–Crippen LogP) is 2.48. The van der Waals surface area contributed by atoms with Crippen LogP contribution in [0.5, 0.6) is 0 Å². The summed E-state index contributed by atoms with van der Waals surface area (Å²) in [6.07, 6.45) is 1.03. The molecule has 0 spiro atoms. The number of hydrogen-bond donors (Lipinski definition) is 1. The molecule has 0 unspecified atom stereocenters. The minimum absolute atomic E-state index is 0.101. The number of hydrogen-bond acceptors (Lipinski definition) is 2. The summed E-state index contributed by atoms with van der Waals surface area (Å²) in [6, 6.07) is 5.69. The van der Waals surface area contributed by atoms with Crippen molar-refractivity contribution in [2.24, 2.45) is 0 Å². The van der Waals surface area contributed by atoms with E-state index in [0.29, 0.717) is 24.9 Å². The van der Waals surface area contributed by atoms with Gasteiger partial charge in [0, 0.05) is 25.1 Å². The molecule has 4 nitrogen and oxygen atoms in total. The van der Waals surface area contributed by atoms with Gasteiger partial charge >= 0.3 is 0 Å². The number of rotatable bonds is 7. The quantitative estimate of drug-likeness (QED) is 0.840. The summed E-state index contributed by atoms with van der Waals surface area (Å²) in [5.41, 5.74) is 0.415. The summed E-state index contributed by atoms with van der Waals surface area (Å²) in [4.78, 5) is 25.6. The van der Waals surface area contributed by atoms with Gasteiger partial charge in [-0.3, -0.25) is 9.59 Å². The van der Waals surface area contributed by atoms with Gasteiger partial charge < -0.3 is 10.2 Å². The van der Waals surface area contributed by atoms with E-state index in [-0.39, 0.29) is 24.2 Å². The largest absolute Gasteiger partial charge is 0.355 e. The molecule has 0 aliphatic rings. The molecule has 0 heterocycles. The van der Waals surface area contributed by atoms with Crippen LogP contribution in [0.3, 0.4) is 0 Å². The van der Waals surface area contributed by atoms with Crippen LogP contribution in [0.1, 0.15) is 39.2 Å². The molecule has 0 fully saturated rings. The van der Waals surface area contributed by atoms with Crippen molar-refractivity contribution in [2.75, 3.05) is 6.54 Å². The summed E-state index contributed by atoms with van der Waals surface area (Å²) in [6.45, 7) is 5.98. The van der Waals surface area contributed by atoms with Crippen molar-refractivity contribution in [1.82, 2.24) is 10.2 Å². The highest BCUT2D eigenvalue weighted by Crippen LogP contribution is 2.14. The highest BCUT2D eigenvalue weighted by atomic mass is 19.1. The molecule has 1 aromatic carbocycles. The zero-order valence-corrected chi connectivity index (χ0v) is 12.9.